The number of hydrogen-bond acceptors (Lipinski definition) is 5. The molecule has 0 aliphatic heterocycles. The fourth-order valence-corrected chi connectivity index (χ4v) is 3.34. The van der Waals surface area contributed by atoms with Gasteiger partial charge < -0.3 is 0 Å². The minimum atomic E-state index is 0.602. The molecule has 0 spiro atoms. The van der Waals surface area contributed by atoms with Crippen LogP contribution in [-0.2, 0) is 0 Å². The van der Waals surface area contributed by atoms with E-state index in [-0.39, 0.29) is 0 Å². The lowest BCUT2D eigenvalue weighted by molar-refractivity contribution is 0.855. The summed E-state index contributed by atoms with van der Waals surface area (Å²) in [7, 11) is 0. The standard InChI is InChI=1S/C21H17N5S/c1-16(17-10-4-2-5-11-17)24-26(18-12-6-3-7-13-18)25-23-21-22-19-14-8-9-15-20(19)27-21/h2-15H,1H3. The van der Waals surface area contributed by atoms with Crippen LogP contribution in [0.2, 0.25) is 0 Å². The molecule has 0 atom stereocenters. The summed E-state index contributed by atoms with van der Waals surface area (Å²) in [6.45, 7) is 1.96. The molecule has 0 saturated carbocycles. The van der Waals surface area contributed by atoms with Crippen LogP contribution in [0, 0.1) is 0 Å². The number of fused-ring (bicyclic) bond motifs is 1. The topological polar surface area (TPSA) is 53.2 Å². The van der Waals surface area contributed by atoms with E-state index in [0.717, 1.165) is 27.2 Å². The number of thiazole rings is 1. The van der Waals surface area contributed by atoms with Gasteiger partial charge in [0.25, 0.3) is 0 Å². The molecule has 132 valence electrons. The van der Waals surface area contributed by atoms with Crippen molar-refractivity contribution in [1.29, 1.82) is 0 Å². The summed E-state index contributed by atoms with van der Waals surface area (Å²) in [6.07, 6.45) is 0. The highest BCUT2D eigenvalue weighted by Gasteiger charge is 2.07. The normalized spacial score (nSPS) is 12.0. The van der Waals surface area contributed by atoms with Crippen LogP contribution in [0.4, 0.5) is 10.8 Å². The Bertz CT molecular complexity index is 1050. The number of rotatable bonds is 5. The fourth-order valence-electron chi connectivity index (χ4n) is 2.55. The Morgan fingerprint density at radius 3 is 2.26 bits per heavy atom. The number of hydrogen-bond donors (Lipinski definition) is 0. The van der Waals surface area contributed by atoms with E-state index in [1.807, 2.05) is 91.9 Å². The maximum atomic E-state index is 4.65. The summed E-state index contributed by atoms with van der Waals surface area (Å²) in [5.41, 5.74) is 3.64. The molecule has 0 aliphatic carbocycles. The third-order valence-electron chi connectivity index (χ3n) is 3.92. The molecule has 0 amide bonds. The highest BCUT2D eigenvalue weighted by atomic mass is 32.1. The van der Waals surface area contributed by atoms with Gasteiger partial charge in [0.1, 0.15) is 0 Å². The van der Waals surface area contributed by atoms with Crippen molar-refractivity contribution >= 4 is 38.1 Å². The van der Waals surface area contributed by atoms with Gasteiger partial charge in [0.2, 0.25) is 5.13 Å². The average molecular weight is 371 g/mol. The Morgan fingerprint density at radius 2 is 1.52 bits per heavy atom. The van der Waals surface area contributed by atoms with E-state index >= 15 is 0 Å². The number of para-hydroxylation sites is 2. The zero-order valence-corrected chi connectivity index (χ0v) is 15.5. The fraction of sp³-hybridized carbons (Fsp3) is 0.0476. The number of nitrogens with zero attached hydrogens (tertiary/aromatic N) is 5. The van der Waals surface area contributed by atoms with Gasteiger partial charge in [-0.25, -0.2) is 4.98 Å². The summed E-state index contributed by atoms with van der Waals surface area (Å²) in [4.78, 5) is 4.50. The quantitative estimate of drug-likeness (QED) is 0.237. The van der Waals surface area contributed by atoms with E-state index in [4.69, 9.17) is 0 Å². The van der Waals surface area contributed by atoms with Crippen molar-refractivity contribution in [1.82, 2.24) is 4.98 Å². The second kappa shape index (κ2) is 7.88. The second-order valence-corrected chi connectivity index (χ2v) is 6.84. The molecular formula is C21H17N5S. The molecule has 6 heteroatoms. The van der Waals surface area contributed by atoms with Gasteiger partial charge in [-0.1, -0.05) is 77.1 Å². The summed E-state index contributed by atoms with van der Waals surface area (Å²) in [5, 5.41) is 15.5. The minimum Gasteiger partial charge on any atom is -0.217 e. The molecule has 0 unspecified atom stereocenters. The molecule has 0 bridgehead atoms. The van der Waals surface area contributed by atoms with Gasteiger partial charge in [0.15, 0.2) is 0 Å². The molecule has 1 aromatic heterocycles. The Kier molecular flexibility index (Phi) is 4.98. The first-order valence-corrected chi connectivity index (χ1v) is 9.34. The van der Waals surface area contributed by atoms with E-state index in [2.05, 4.69) is 20.4 Å². The Balaban J connectivity index is 1.68. The molecule has 0 saturated heterocycles. The van der Waals surface area contributed by atoms with Gasteiger partial charge in [0, 0.05) is 0 Å². The second-order valence-electron chi connectivity index (χ2n) is 5.83. The predicted octanol–water partition coefficient (Wildman–Crippen LogP) is 6.23. The summed E-state index contributed by atoms with van der Waals surface area (Å²) in [5.74, 6) is 0. The van der Waals surface area contributed by atoms with E-state index in [9.17, 15) is 0 Å². The first-order chi connectivity index (χ1) is 13.3. The monoisotopic (exact) mass is 371 g/mol. The molecule has 0 aliphatic rings. The van der Waals surface area contributed by atoms with Crippen LogP contribution in [0.1, 0.15) is 12.5 Å². The average Bonchev–Trinajstić information content (AvgIpc) is 3.15. The van der Waals surface area contributed by atoms with Crippen molar-refractivity contribution in [3.63, 3.8) is 0 Å². The Morgan fingerprint density at radius 1 is 0.852 bits per heavy atom. The Hall–Kier alpha value is -3.38. The van der Waals surface area contributed by atoms with Crippen LogP contribution in [0.25, 0.3) is 10.2 Å². The largest absolute Gasteiger partial charge is 0.232 e. The SMILES string of the molecule is CC(=NN(N=Nc1nc2ccccc2s1)c1ccccc1)c1ccccc1. The zero-order chi connectivity index (χ0) is 18.5. The van der Waals surface area contributed by atoms with E-state index in [0.29, 0.717) is 5.13 Å². The van der Waals surface area contributed by atoms with Crippen LogP contribution in [-0.4, -0.2) is 10.7 Å². The first-order valence-electron chi connectivity index (χ1n) is 8.52. The van der Waals surface area contributed by atoms with Crippen molar-refractivity contribution in [2.75, 3.05) is 5.12 Å². The first kappa shape index (κ1) is 17.1. The van der Waals surface area contributed by atoms with E-state index in [1.54, 1.807) is 0 Å². The molecule has 5 nitrogen and oxygen atoms in total. The lowest BCUT2D eigenvalue weighted by Crippen LogP contribution is -2.11. The molecule has 1 heterocycles. The third kappa shape index (κ3) is 4.07. The Labute approximate surface area is 161 Å². The van der Waals surface area contributed by atoms with Crippen molar-refractivity contribution in [3.05, 3.63) is 90.5 Å². The van der Waals surface area contributed by atoms with Gasteiger partial charge in [-0.2, -0.15) is 5.10 Å². The maximum Gasteiger partial charge on any atom is 0.232 e. The van der Waals surface area contributed by atoms with Crippen LogP contribution in [0.15, 0.2) is 100 Å². The smallest absolute Gasteiger partial charge is 0.217 e. The van der Waals surface area contributed by atoms with Crippen LogP contribution in [0.3, 0.4) is 0 Å². The summed E-state index contributed by atoms with van der Waals surface area (Å²) >= 11 is 1.50. The predicted molar refractivity (Wildman–Crippen MR) is 112 cm³/mol. The molecule has 4 rings (SSSR count). The van der Waals surface area contributed by atoms with Crippen molar-refractivity contribution in [3.8, 4) is 0 Å². The van der Waals surface area contributed by atoms with Gasteiger partial charge in [0.05, 0.1) is 21.6 Å². The molecule has 4 aromatic rings. The van der Waals surface area contributed by atoms with Crippen LogP contribution < -0.4 is 5.12 Å². The highest BCUT2D eigenvalue weighted by Crippen LogP contribution is 2.28. The van der Waals surface area contributed by atoms with Crippen molar-refractivity contribution in [2.24, 2.45) is 15.4 Å². The summed E-state index contributed by atoms with van der Waals surface area (Å²) in [6, 6.07) is 27.7. The molecular weight excluding hydrogens is 354 g/mol. The number of benzene rings is 3. The van der Waals surface area contributed by atoms with Crippen molar-refractivity contribution in [2.45, 2.75) is 6.92 Å². The van der Waals surface area contributed by atoms with Crippen LogP contribution in [0.5, 0.6) is 0 Å². The lowest BCUT2D eigenvalue weighted by atomic mass is 10.1. The van der Waals surface area contributed by atoms with Crippen LogP contribution >= 0.6 is 11.3 Å². The molecule has 0 N–H and O–H groups in total. The number of anilines is 1. The van der Waals surface area contributed by atoms with Gasteiger partial charge in [-0.3, -0.25) is 0 Å². The number of aromatic nitrogens is 1. The van der Waals surface area contributed by atoms with Gasteiger partial charge in [-0.05, 0) is 42.0 Å². The lowest BCUT2D eigenvalue weighted by Gasteiger charge is -2.12. The molecule has 0 fully saturated rings. The van der Waals surface area contributed by atoms with Gasteiger partial charge >= 0.3 is 0 Å². The molecule has 27 heavy (non-hydrogen) atoms. The third-order valence-corrected chi connectivity index (χ3v) is 4.84. The maximum absolute atomic E-state index is 4.65. The number of hydrazone groups is 1. The summed E-state index contributed by atoms with van der Waals surface area (Å²) < 4.78 is 1.08. The minimum absolute atomic E-state index is 0.602. The van der Waals surface area contributed by atoms with E-state index < -0.39 is 0 Å². The highest BCUT2D eigenvalue weighted by molar-refractivity contribution is 7.21. The van der Waals surface area contributed by atoms with Crippen molar-refractivity contribution < 1.29 is 0 Å². The molecule has 0 radical (unpaired) electrons. The van der Waals surface area contributed by atoms with E-state index in [1.165, 1.54) is 16.5 Å². The zero-order valence-electron chi connectivity index (χ0n) is 14.7. The molecule has 3 aromatic carbocycles. The van der Waals surface area contributed by atoms with Gasteiger partial charge in [-0.15, -0.1) is 5.12 Å².